The topological polar surface area (TPSA) is 66.0 Å². The first-order valence-corrected chi connectivity index (χ1v) is 7.27. The minimum absolute atomic E-state index is 0.215. The van der Waals surface area contributed by atoms with Gasteiger partial charge in [0.15, 0.2) is 5.11 Å². The molecule has 3 rings (SSSR count). The van der Waals surface area contributed by atoms with E-state index in [1.807, 2.05) is 30.3 Å². The van der Waals surface area contributed by atoms with Gasteiger partial charge in [-0.3, -0.25) is 20.6 Å². The standard InChI is InChI=1S/C15H16N4OS/c1-16-15(21)19-18-14(20)11-8-13(9-6-7-9)17-12-5-3-2-4-10(11)12/h2-5,8-9H,6-7H2,1H3,(H,18,20)(H2,16,19,21). The van der Waals surface area contributed by atoms with Crippen LogP contribution in [0.2, 0.25) is 0 Å². The molecule has 5 nitrogen and oxygen atoms in total. The lowest BCUT2D eigenvalue weighted by Gasteiger charge is -2.11. The van der Waals surface area contributed by atoms with Crippen molar-refractivity contribution in [2.75, 3.05) is 7.05 Å². The molecule has 1 aliphatic rings. The summed E-state index contributed by atoms with van der Waals surface area (Å²) in [6, 6.07) is 9.57. The Kier molecular flexibility index (Phi) is 3.70. The number of nitrogens with one attached hydrogen (secondary N) is 3. The average molecular weight is 300 g/mol. The van der Waals surface area contributed by atoms with E-state index in [9.17, 15) is 4.79 Å². The Morgan fingerprint density at radius 3 is 2.76 bits per heavy atom. The first-order chi connectivity index (χ1) is 10.2. The van der Waals surface area contributed by atoms with E-state index in [4.69, 9.17) is 12.2 Å². The van der Waals surface area contributed by atoms with E-state index in [0.717, 1.165) is 29.4 Å². The predicted octanol–water partition coefficient (Wildman–Crippen LogP) is 1.85. The minimum atomic E-state index is -0.215. The third-order valence-corrected chi connectivity index (χ3v) is 3.80. The molecule has 1 aromatic heterocycles. The summed E-state index contributed by atoms with van der Waals surface area (Å²) in [6.07, 6.45) is 2.29. The summed E-state index contributed by atoms with van der Waals surface area (Å²) in [6.45, 7) is 0. The first kappa shape index (κ1) is 13.8. The van der Waals surface area contributed by atoms with Crippen LogP contribution in [-0.4, -0.2) is 23.1 Å². The van der Waals surface area contributed by atoms with Crippen molar-refractivity contribution < 1.29 is 4.79 Å². The van der Waals surface area contributed by atoms with E-state index in [0.29, 0.717) is 16.6 Å². The van der Waals surface area contributed by atoms with Crippen molar-refractivity contribution in [3.63, 3.8) is 0 Å². The second-order valence-corrected chi connectivity index (χ2v) is 5.45. The minimum Gasteiger partial charge on any atom is -0.364 e. The molecule has 1 aliphatic carbocycles. The lowest BCUT2D eigenvalue weighted by Crippen LogP contribution is -2.45. The molecule has 0 aliphatic heterocycles. The molecule has 2 aromatic rings. The summed E-state index contributed by atoms with van der Waals surface area (Å²) < 4.78 is 0. The van der Waals surface area contributed by atoms with Crippen LogP contribution >= 0.6 is 12.2 Å². The fourth-order valence-electron chi connectivity index (χ4n) is 2.22. The number of fused-ring (bicyclic) bond motifs is 1. The van der Waals surface area contributed by atoms with E-state index >= 15 is 0 Å². The maximum atomic E-state index is 12.4. The Morgan fingerprint density at radius 2 is 2.05 bits per heavy atom. The molecule has 1 amide bonds. The highest BCUT2D eigenvalue weighted by molar-refractivity contribution is 7.80. The molecular formula is C15H16N4OS. The second kappa shape index (κ2) is 5.65. The van der Waals surface area contributed by atoms with Crippen molar-refractivity contribution in [3.05, 3.63) is 41.6 Å². The third kappa shape index (κ3) is 2.95. The molecule has 1 aromatic carbocycles. The molecule has 0 spiro atoms. The van der Waals surface area contributed by atoms with Gasteiger partial charge < -0.3 is 5.32 Å². The van der Waals surface area contributed by atoms with E-state index < -0.39 is 0 Å². The van der Waals surface area contributed by atoms with Gasteiger partial charge in [0.1, 0.15) is 0 Å². The van der Waals surface area contributed by atoms with Crippen LogP contribution in [0.4, 0.5) is 0 Å². The van der Waals surface area contributed by atoms with Crippen molar-refractivity contribution in [1.82, 2.24) is 21.2 Å². The third-order valence-electron chi connectivity index (χ3n) is 3.49. The summed E-state index contributed by atoms with van der Waals surface area (Å²) in [5.41, 5.74) is 7.73. The number of carbonyl (C=O) groups is 1. The van der Waals surface area contributed by atoms with Crippen LogP contribution in [-0.2, 0) is 0 Å². The zero-order valence-electron chi connectivity index (χ0n) is 11.6. The van der Waals surface area contributed by atoms with Gasteiger partial charge in [0.25, 0.3) is 5.91 Å². The first-order valence-electron chi connectivity index (χ1n) is 6.87. The van der Waals surface area contributed by atoms with Crippen LogP contribution in [0.15, 0.2) is 30.3 Å². The number of hydrazine groups is 1. The SMILES string of the molecule is CNC(=S)NNC(=O)c1cc(C2CC2)nc2ccccc12. The summed E-state index contributed by atoms with van der Waals surface area (Å²) >= 11 is 4.95. The number of rotatable bonds is 2. The summed E-state index contributed by atoms with van der Waals surface area (Å²) in [4.78, 5) is 17.0. The van der Waals surface area contributed by atoms with E-state index in [-0.39, 0.29) is 5.91 Å². The van der Waals surface area contributed by atoms with Gasteiger partial charge in [-0.25, -0.2) is 0 Å². The van der Waals surface area contributed by atoms with Crippen molar-refractivity contribution in [3.8, 4) is 0 Å². The van der Waals surface area contributed by atoms with Gasteiger partial charge in [-0.15, -0.1) is 0 Å². The zero-order chi connectivity index (χ0) is 14.8. The molecule has 0 saturated heterocycles. The summed E-state index contributed by atoms with van der Waals surface area (Å²) in [7, 11) is 1.69. The molecular weight excluding hydrogens is 284 g/mol. The number of hydrogen-bond acceptors (Lipinski definition) is 3. The number of benzene rings is 1. The van der Waals surface area contributed by atoms with Gasteiger partial charge in [-0.1, -0.05) is 18.2 Å². The molecule has 0 bridgehead atoms. The molecule has 1 fully saturated rings. The highest BCUT2D eigenvalue weighted by atomic mass is 32.1. The highest BCUT2D eigenvalue weighted by Crippen LogP contribution is 2.40. The number of pyridine rings is 1. The van der Waals surface area contributed by atoms with Crippen molar-refractivity contribution in [2.24, 2.45) is 0 Å². The number of thiocarbonyl (C=S) groups is 1. The van der Waals surface area contributed by atoms with Gasteiger partial charge >= 0.3 is 0 Å². The van der Waals surface area contributed by atoms with Gasteiger partial charge in [0.05, 0.1) is 11.1 Å². The Balaban J connectivity index is 1.95. The van der Waals surface area contributed by atoms with Crippen molar-refractivity contribution in [2.45, 2.75) is 18.8 Å². The number of aromatic nitrogens is 1. The largest absolute Gasteiger partial charge is 0.364 e. The van der Waals surface area contributed by atoms with Gasteiger partial charge in [-0.2, -0.15) is 0 Å². The van der Waals surface area contributed by atoms with Crippen LogP contribution < -0.4 is 16.2 Å². The number of carbonyl (C=O) groups excluding carboxylic acids is 1. The fraction of sp³-hybridized carbons (Fsp3) is 0.267. The summed E-state index contributed by atoms with van der Waals surface area (Å²) in [5.74, 6) is 0.278. The van der Waals surface area contributed by atoms with E-state index in [1.165, 1.54) is 0 Å². The zero-order valence-corrected chi connectivity index (χ0v) is 12.5. The average Bonchev–Trinajstić information content (AvgIpc) is 3.36. The van der Waals surface area contributed by atoms with E-state index in [2.05, 4.69) is 21.2 Å². The number of amides is 1. The number of nitrogens with zero attached hydrogens (tertiary/aromatic N) is 1. The molecule has 0 atom stereocenters. The van der Waals surface area contributed by atoms with Crippen LogP contribution in [0, 0.1) is 0 Å². The monoisotopic (exact) mass is 300 g/mol. The highest BCUT2D eigenvalue weighted by Gasteiger charge is 2.26. The van der Waals surface area contributed by atoms with Crippen LogP contribution in [0.25, 0.3) is 10.9 Å². The molecule has 0 unspecified atom stereocenters. The van der Waals surface area contributed by atoms with E-state index in [1.54, 1.807) is 7.05 Å². The Morgan fingerprint density at radius 1 is 1.29 bits per heavy atom. The summed E-state index contributed by atoms with van der Waals surface area (Å²) in [5, 5.41) is 3.95. The van der Waals surface area contributed by atoms with Gasteiger partial charge in [0, 0.05) is 24.0 Å². The van der Waals surface area contributed by atoms with Crippen LogP contribution in [0.3, 0.4) is 0 Å². The lowest BCUT2D eigenvalue weighted by molar-refractivity contribution is 0.0945. The molecule has 21 heavy (non-hydrogen) atoms. The fourth-order valence-corrected chi connectivity index (χ4v) is 2.27. The smallest absolute Gasteiger partial charge is 0.270 e. The Labute approximate surface area is 128 Å². The van der Waals surface area contributed by atoms with Crippen molar-refractivity contribution in [1.29, 1.82) is 0 Å². The lowest BCUT2D eigenvalue weighted by atomic mass is 10.1. The maximum absolute atomic E-state index is 12.4. The molecule has 3 N–H and O–H groups in total. The maximum Gasteiger partial charge on any atom is 0.270 e. The molecule has 1 heterocycles. The van der Waals surface area contributed by atoms with Crippen LogP contribution in [0.5, 0.6) is 0 Å². The Bertz CT molecular complexity index is 712. The normalized spacial score (nSPS) is 13.8. The van der Waals surface area contributed by atoms with Crippen LogP contribution in [0.1, 0.15) is 34.8 Å². The predicted molar refractivity (Wildman–Crippen MR) is 86.0 cm³/mol. The van der Waals surface area contributed by atoms with Gasteiger partial charge in [-0.05, 0) is 37.2 Å². The molecule has 0 radical (unpaired) electrons. The second-order valence-electron chi connectivity index (χ2n) is 5.04. The quantitative estimate of drug-likeness (QED) is 0.583. The Hall–Kier alpha value is -2.21. The van der Waals surface area contributed by atoms with Crippen molar-refractivity contribution >= 4 is 34.1 Å². The molecule has 6 heteroatoms. The molecule has 1 saturated carbocycles. The number of hydrogen-bond donors (Lipinski definition) is 3. The number of para-hydroxylation sites is 1. The molecule has 108 valence electrons. The van der Waals surface area contributed by atoms with Gasteiger partial charge in [0.2, 0.25) is 0 Å².